The van der Waals surface area contributed by atoms with Gasteiger partial charge in [-0.05, 0) is 33.0 Å². The molecule has 0 aromatic rings. The zero-order valence-electron chi connectivity index (χ0n) is 12.0. The minimum Gasteiger partial charge on any atom is -0.354 e. The number of carbonyl (C=O) groups is 1. The van der Waals surface area contributed by atoms with E-state index < -0.39 is 0 Å². The van der Waals surface area contributed by atoms with Crippen LogP contribution in [0.1, 0.15) is 19.8 Å². The molecule has 5 heteroatoms. The van der Waals surface area contributed by atoms with Crippen LogP contribution in [0.5, 0.6) is 0 Å². The van der Waals surface area contributed by atoms with E-state index in [1.54, 1.807) is 0 Å². The molecule has 0 aromatic carbocycles. The van der Waals surface area contributed by atoms with Crippen LogP contribution in [0.15, 0.2) is 0 Å². The summed E-state index contributed by atoms with van der Waals surface area (Å²) in [5.41, 5.74) is 5.54. The van der Waals surface area contributed by atoms with Gasteiger partial charge in [0.15, 0.2) is 0 Å². The third kappa shape index (κ3) is 5.33. The Labute approximate surface area is 111 Å². The van der Waals surface area contributed by atoms with Gasteiger partial charge in [0.2, 0.25) is 5.91 Å². The van der Waals surface area contributed by atoms with Gasteiger partial charge in [0, 0.05) is 38.6 Å². The molecule has 1 saturated heterocycles. The lowest BCUT2D eigenvalue weighted by molar-refractivity contribution is -0.121. The molecule has 1 heterocycles. The summed E-state index contributed by atoms with van der Waals surface area (Å²) in [7, 11) is 4.26. The van der Waals surface area contributed by atoms with Gasteiger partial charge in [0.25, 0.3) is 0 Å². The van der Waals surface area contributed by atoms with E-state index in [1.165, 1.54) is 0 Å². The lowest BCUT2D eigenvalue weighted by Crippen LogP contribution is -2.54. The molecule has 18 heavy (non-hydrogen) atoms. The molecule has 5 nitrogen and oxygen atoms in total. The number of hydrogen-bond acceptors (Lipinski definition) is 4. The maximum atomic E-state index is 11.7. The number of amides is 1. The van der Waals surface area contributed by atoms with Gasteiger partial charge in [0.1, 0.15) is 0 Å². The molecule has 1 aliphatic rings. The minimum absolute atomic E-state index is 0.150. The molecular weight excluding hydrogens is 228 g/mol. The number of likely N-dealkylation sites (N-methyl/N-ethyl adjacent to an activating group) is 2. The first-order valence-electron chi connectivity index (χ1n) is 6.88. The van der Waals surface area contributed by atoms with E-state index >= 15 is 0 Å². The smallest absolute Gasteiger partial charge is 0.220 e. The van der Waals surface area contributed by atoms with E-state index in [0.29, 0.717) is 24.9 Å². The number of nitrogens with one attached hydrogen (secondary N) is 1. The first-order chi connectivity index (χ1) is 8.52. The van der Waals surface area contributed by atoms with Gasteiger partial charge >= 0.3 is 0 Å². The number of carbonyl (C=O) groups excluding carboxylic acids is 1. The Morgan fingerprint density at radius 2 is 2.17 bits per heavy atom. The molecule has 1 amide bonds. The Hall–Kier alpha value is -0.650. The minimum atomic E-state index is 0.150. The van der Waals surface area contributed by atoms with Crippen molar-refractivity contribution >= 4 is 5.91 Å². The van der Waals surface area contributed by atoms with Crippen molar-refractivity contribution in [3.8, 4) is 0 Å². The maximum absolute atomic E-state index is 11.7. The molecule has 106 valence electrons. The second-order valence-corrected chi connectivity index (χ2v) is 5.58. The van der Waals surface area contributed by atoms with Crippen LogP contribution in [0.2, 0.25) is 0 Å². The average molecular weight is 256 g/mol. The van der Waals surface area contributed by atoms with Crippen LogP contribution in [0.3, 0.4) is 0 Å². The SMILES string of the molecule is CC(CN)CCC(=O)NCC1CN(C)CCN1C. The number of nitrogens with zero attached hydrogens (tertiary/aromatic N) is 2. The van der Waals surface area contributed by atoms with Crippen molar-refractivity contribution < 1.29 is 4.79 Å². The molecule has 0 aromatic heterocycles. The monoisotopic (exact) mass is 256 g/mol. The van der Waals surface area contributed by atoms with Crippen molar-refractivity contribution in [2.24, 2.45) is 11.7 Å². The highest BCUT2D eigenvalue weighted by molar-refractivity contribution is 5.75. The number of rotatable bonds is 6. The Morgan fingerprint density at radius 1 is 1.44 bits per heavy atom. The standard InChI is InChI=1S/C13H28N4O/c1-11(8-14)4-5-13(18)15-9-12-10-16(2)6-7-17(12)3/h11-12H,4-10,14H2,1-3H3,(H,15,18). The number of nitrogens with two attached hydrogens (primary N) is 1. The normalized spacial score (nSPS) is 23.9. The highest BCUT2D eigenvalue weighted by atomic mass is 16.1. The predicted octanol–water partition coefficient (Wildman–Crippen LogP) is -0.277. The fourth-order valence-corrected chi connectivity index (χ4v) is 2.14. The van der Waals surface area contributed by atoms with Gasteiger partial charge in [0.05, 0.1) is 0 Å². The van der Waals surface area contributed by atoms with Gasteiger partial charge < -0.3 is 16.0 Å². The molecular formula is C13H28N4O. The second kappa shape index (κ2) is 7.71. The highest BCUT2D eigenvalue weighted by Crippen LogP contribution is 2.06. The molecule has 1 rings (SSSR count). The van der Waals surface area contributed by atoms with Crippen LogP contribution < -0.4 is 11.1 Å². The molecule has 0 saturated carbocycles. The Bertz CT molecular complexity index is 259. The fraction of sp³-hybridized carbons (Fsp3) is 0.923. The third-order valence-electron chi connectivity index (χ3n) is 3.78. The molecule has 0 spiro atoms. The van der Waals surface area contributed by atoms with Gasteiger partial charge in [-0.3, -0.25) is 9.69 Å². The first-order valence-corrected chi connectivity index (χ1v) is 6.88. The van der Waals surface area contributed by atoms with Crippen molar-refractivity contribution in [3.05, 3.63) is 0 Å². The van der Waals surface area contributed by atoms with Crippen molar-refractivity contribution in [2.75, 3.05) is 46.8 Å². The molecule has 0 radical (unpaired) electrons. The molecule has 1 aliphatic heterocycles. The summed E-state index contributed by atoms with van der Waals surface area (Å²) in [6.45, 7) is 6.68. The third-order valence-corrected chi connectivity index (χ3v) is 3.78. The molecule has 0 bridgehead atoms. The van der Waals surface area contributed by atoms with Gasteiger partial charge in [-0.1, -0.05) is 6.92 Å². The quantitative estimate of drug-likeness (QED) is 0.686. The summed E-state index contributed by atoms with van der Waals surface area (Å²) in [4.78, 5) is 16.3. The van der Waals surface area contributed by atoms with Gasteiger partial charge in [-0.2, -0.15) is 0 Å². The largest absolute Gasteiger partial charge is 0.354 e. The Balaban J connectivity index is 2.20. The Morgan fingerprint density at radius 3 is 2.83 bits per heavy atom. The lowest BCUT2D eigenvalue weighted by atomic mass is 10.1. The first kappa shape index (κ1) is 15.4. The van der Waals surface area contributed by atoms with Crippen LogP contribution >= 0.6 is 0 Å². The summed E-state index contributed by atoms with van der Waals surface area (Å²) in [5.74, 6) is 0.580. The summed E-state index contributed by atoms with van der Waals surface area (Å²) in [6.07, 6.45) is 1.47. The summed E-state index contributed by atoms with van der Waals surface area (Å²) in [5, 5.41) is 3.03. The van der Waals surface area contributed by atoms with E-state index in [-0.39, 0.29) is 5.91 Å². The highest BCUT2D eigenvalue weighted by Gasteiger charge is 2.22. The maximum Gasteiger partial charge on any atom is 0.220 e. The van der Waals surface area contributed by atoms with Crippen LogP contribution in [0.4, 0.5) is 0 Å². The van der Waals surface area contributed by atoms with Crippen molar-refractivity contribution in [1.82, 2.24) is 15.1 Å². The number of hydrogen-bond donors (Lipinski definition) is 2. The Kier molecular flexibility index (Phi) is 6.60. The summed E-state index contributed by atoms with van der Waals surface area (Å²) < 4.78 is 0. The van der Waals surface area contributed by atoms with E-state index in [1.807, 2.05) is 0 Å². The lowest BCUT2D eigenvalue weighted by Gasteiger charge is -2.37. The zero-order valence-corrected chi connectivity index (χ0v) is 12.0. The van der Waals surface area contributed by atoms with Crippen LogP contribution in [-0.2, 0) is 4.79 Å². The van der Waals surface area contributed by atoms with E-state index in [9.17, 15) is 4.79 Å². The van der Waals surface area contributed by atoms with E-state index in [2.05, 4.69) is 36.1 Å². The average Bonchev–Trinajstić information content (AvgIpc) is 2.36. The van der Waals surface area contributed by atoms with Crippen molar-refractivity contribution in [2.45, 2.75) is 25.8 Å². The zero-order chi connectivity index (χ0) is 13.5. The van der Waals surface area contributed by atoms with Crippen molar-refractivity contribution in [3.63, 3.8) is 0 Å². The summed E-state index contributed by atoms with van der Waals surface area (Å²) in [6, 6.07) is 0.430. The van der Waals surface area contributed by atoms with Crippen LogP contribution in [0.25, 0.3) is 0 Å². The van der Waals surface area contributed by atoms with Crippen LogP contribution in [0, 0.1) is 5.92 Å². The molecule has 1 fully saturated rings. The molecule has 2 atom stereocenters. The molecule has 0 aliphatic carbocycles. The van der Waals surface area contributed by atoms with Crippen molar-refractivity contribution in [1.29, 1.82) is 0 Å². The number of piperazine rings is 1. The topological polar surface area (TPSA) is 61.6 Å². The second-order valence-electron chi connectivity index (χ2n) is 5.58. The molecule has 2 unspecified atom stereocenters. The van der Waals surface area contributed by atoms with Crippen LogP contribution in [-0.4, -0.2) is 68.6 Å². The van der Waals surface area contributed by atoms with E-state index in [0.717, 1.165) is 32.6 Å². The fourth-order valence-electron chi connectivity index (χ4n) is 2.14. The van der Waals surface area contributed by atoms with E-state index in [4.69, 9.17) is 5.73 Å². The van der Waals surface area contributed by atoms with Gasteiger partial charge in [-0.15, -0.1) is 0 Å². The molecule has 3 N–H and O–H groups in total. The van der Waals surface area contributed by atoms with Gasteiger partial charge in [-0.25, -0.2) is 0 Å². The predicted molar refractivity (Wildman–Crippen MR) is 74.4 cm³/mol. The summed E-state index contributed by atoms with van der Waals surface area (Å²) >= 11 is 0.